The van der Waals surface area contributed by atoms with Gasteiger partial charge in [0, 0.05) is 28.2 Å². The van der Waals surface area contributed by atoms with Gasteiger partial charge < -0.3 is 4.98 Å². The Labute approximate surface area is 120 Å². The lowest BCUT2D eigenvalue weighted by Crippen LogP contribution is -2.40. The number of para-hydroxylation sites is 1. The van der Waals surface area contributed by atoms with E-state index < -0.39 is 0 Å². The molecule has 106 valence electrons. The average molecular weight is 270 g/mol. The van der Waals surface area contributed by atoms with Crippen LogP contribution in [0.3, 0.4) is 0 Å². The van der Waals surface area contributed by atoms with E-state index in [2.05, 4.69) is 16.8 Å². The summed E-state index contributed by atoms with van der Waals surface area (Å²) in [4.78, 5) is 18.3. The highest BCUT2D eigenvalue weighted by Gasteiger charge is 2.23. The molecular weight excluding hydrogens is 248 g/mol. The number of ketones is 1. The molecule has 3 rings (SSSR count). The Morgan fingerprint density at radius 2 is 2.15 bits per heavy atom. The van der Waals surface area contributed by atoms with Crippen LogP contribution in [0.25, 0.3) is 10.9 Å². The maximum atomic E-state index is 12.7. The summed E-state index contributed by atoms with van der Waals surface area (Å²) in [7, 11) is 0. The number of likely N-dealkylation sites (tertiary alicyclic amines) is 1. The summed E-state index contributed by atoms with van der Waals surface area (Å²) in [6.45, 7) is 5.82. The summed E-state index contributed by atoms with van der Waals surface area (Å²) in [6.07, 6.45) is 3.71. The van der Waals surface area contributed by atoms with Crippen molar-refractivity contribution in [1.82, 2.24) is 9.88 Å². The van der Waals surface area contributed by atoms with Crippen LogP contribution in [0.4, 0.5) is 0 Å². The van der Waals surface area contributed by atoms with Gasteiger partial charge in [-0.15, -0.1) is 0 Å². The van der Waals surface area contributed by atoms with E-state index in [1.807, 2.05) is 31.2 Å². The number of aryl methyl sites for hydroxylation is 1. The smallest absolute Gasteiger partial charge is 0.179 e. The van der Waals surface area contributed by atoms with E-state index in [9.17, 15) is 4.79 Å². The van der Waals surface area contributed by atoms with Crippen molar-refractivity contribution in [2.75, 3.05) is 13.1 Å². The van der Waals surface area contributed by atoms with Gasteiger partial charge in [0.1, 0.15) is 0 Å². The number of rotatable bonds is 3. The molecule has 1 fully saturated rings. The summed E-state index contributed by atoms with van der Waals surface area (Å²) in [6, 6.07) is 8.59. The van der Waals surface area contributed by atoms with E-state index in [4.69, 9.17) is 0 Å². The lowest BCUT2D eigenvalue weighted by atomic mass is 10.0. The van der Waals surface area contributed by atoms with Crippen molar-refractivity contribution in [3.8, 4) is 0 Å². The molecule has 1 N–H and O–H groups in total. The van der Waals surface area contributed by atoms with Crippen LogP contribution in [-0.2, 0) is 0 Å². The third kappa shape index (κ3) is 2.38. The number of carbonyl (C=O) groups is 1. The number of aromatic amines is 1. The fraction of sp³-hybridized carbons (Fsp3) is 0.471. The highest BCUT2D eigenvalue weighted by molar-refractivity contribution is 6.10. The number of fused-ring (bicyclic) bond motifs is 1. The van der Waals surface area contributed by atoms with Crippen molar-refractivity contribution in [1.29, 1.82) is 0 Å². The molecule has 2 heterocycles. The SMILES string of the molecule is Cc1[nH]c2ccccc2c1C(=O)CN1CCCC[C@H]1C. The van der Waals surface area contributed by atoms with Crippen LogP contribution in [0.1, 0.15) is 42.2 Å². The molecule has 0 radical (unpaired) electrons. The number of Topliss-reactive ketones (excluding diaryl/α,β-unsaturated/α-hetero) is 1. The minimum absolute atomic E-state index is 0.244. The molecule has 3 nitrogen and oxygen atoms in total. The van der Waals surface area contributed by atoms with Gasteiger partial charge >= 0.3 is 0 Å². The molecule has 20 heavy (non-hydrogen) atoms. The first-order valence-corrected chi connectivity index (χ1v) is 7.51. The quantitative estimate of drug-likeness (QED) is 0.866. The zero-order chi connectivity index (χ0) is 14.1. The molecule has 0 spiro atoms. The Morgan fingerprint density at radius 3 is 2.95 bits per heavy atom. The molecule has 0 amide bonds. The minimum Gasteiger partial charge on any atom is -0.358 e. The number of nitrogens with one attached hydrogen (secondary N) is 1. The zero-order valence-corrected chi connectivity index (χ0v) is 12.3. The van der Waals surface area contributed by atoms with E-state index in [1.165, 1.54) is 19.3 Å². The predicted molar refractivity (Wildman–Crippen MR) is 82.3 cm³/mol. The highest BCUT2D eigenvalue weighted by Crippen LogP contribution is 2.24. The number of hydrogen-bond acceptors (Lipinski definition) is 2. The molecule has 3 heteroatoms. The average Bonchev–Trinajstić information content (AvgIpc) is 2.77. The van der Waals surface area contributed by atoms with Crippen molar-refractivity contribution < 1.29 is 4.79 Å². The summed E-state index contributed by atoms with van der Waals surface area (Å²) >= 11 is 0. The fourth-order valence-corrected chi connectivity index (χ4v) is 3.29. The number of hydrogen-bond donors (Lipinski definition) is 1. The molecule has 0 saturated carbocycles. The Balaban J connectivity index is 1.87. The first-order chi connectivity index (χ1) is 9.66. The van der Waals surface area contributed by atoms with Crippen molar-refractivity contribution in [2.24, 2.45) is 0 Å². The molecule has 0 aliphatic carbocycles. The maximum absolute atomic E-state index is 12.7. The standard InChI is InChI=1S/C17H22N2O/c1-12-7-5-6-10-19(12)11-16(20)17-13(2)18-15-9-4-3-8-14(15)17/h3-4,8-9,12,18H,5-7,10-11H2,1-2H3/t12-/m1/s1. The summed E-state index contributed by atoms with van der Waals surface area (Å²) in [5.74, 6) is 0.244. The number of H-pyrrole nitrogens is 1. The van der Waals surface area contributed by atoms with Gasteiger partial charge in [-0.05, 0) is 39.3 Å². The van der Waals surface area contributed by atoms with E-state index in [0.717, 1.165) is 28.7 Å². The van der Waals surface area contributed by atoms with Crippen LogP contribution < -0.4 is 0 Å². The first-order valence-electron chi connectivity index (χ1n) is 7.51. The second-order valence-electron chi connectivity index (χ2n) is 5.91. The third-order valence-electron chi connectivity index (χ3n) is 4.46. The number of carbonyl (C=O) groups excluding carboxylic acids is 1. The number of piperidine rings is 1. The van der Waals surface area contributed by atoms with Gasteiger partial charge in [-0.2, -0.15) is 0 Å². The minimum atomic E-state index is 0.244. The van der Waals surface area contributed by atoms with Gasteiger partial charge in [-0.1, -0.05) is 24.6 Å². The van der Waals surface area contributed by atoms with Gasteiger partial charge in [-0.25, -0.2) is 0 Å². The first kappa shape index (κ1) is 13.4. The fourth-order valence-electron chi connectivity index (χ4n) is 3.29. The van der Waals surface area contributed by atoms with Crippen LogP contribution in [0.2, 0.25) is 0 Å². The second kappa shape index (κ2) is 5.41. The lowest BCUT2D eigenvalue weighted by Gasteiger charge is -2.32. The monoisotopic (exact) mass is 270 g/mol. The lowest BCUT2D eigenvalue weighted by molar-refractivity contribution is 0.0861. The molecule has 0 bridgehead atoms. The van der Waals surface area contributed by atoms with Crippen LogP contribution in [0, 0.1) is 6.92 Å². The van der Waals surface area contributed by atoms with Gasteiger partial charge in [0.15, 0.2) is 5.78 Å². The molecule has 2 aromatic rings. The number of benzene rings is 1. The van der Waals surface area contributed by atoms with E-state index in [1.54, 1.807) is 0 Å². The Kier molecular flexibility index (Phi) is 3.62. The Bertz CT molecular complexity index is 629. The van der Waals surface area contributed by atoms with E-state index in [-0.39, 0.29) is 5.78 Å². The van der Waals surface area contributed by atoms with Crippen molar-refractivity contribution in [3.63, 3.8) is 0 Å². The molecule has 1 aromatic carbocycles. The Hall–Kier alpha value is -1.61. The van der Waals surface area contributed by atoms with Crippen LogP contribution in [-0.4, -0.2) is 34.8 Å². The summed E-state index contributed by atoms with van der Waals surface area (Å²) in [5.41, 5.74) is 2.92. The topological polar surface area (TPSA) is 36.1 Å². The van der Waals surface area contributed by atoms with Crippen molar-refractivity contribution >= 4 is 16.7 Å². The van der Waals surface area contributed by atoms with Gasteiger partial charge in [-0.3, -0.25) is 9.69 Å². The van der Waals surface area contributed by atoms with Crippen LogP contribution >= 0.6 is 0 Å². The summed E-state index contributed by atoms with van der Waals surface area (Å²) in [5, 5.41) is 1.06. The predicted octanol–water partition coefficient (Wildman–Crippen LogP) is 3.53. The highest BCUT2D eigenvalue weighted by atomic mass is 16.1. The molecule has 0 unspecified atom stereocenters. The third-order valence-corrected chi connectivity index (χ3v) is 4.46. The van der Waals surface area contributed by atoms with Gasteiger partial charge in [0.2, 0.25) is 0 Å². The number of aromatic nitrogens is 1. The molecule has 1 aliphatic rings. The van der Waals surface area contributed by atoms with Crippen LogP contribution in [0.5, 0.6) is 0 Å². The van der Waals surface area contributed by atoms with Crippen molar-refractivity contribution in [3.05, 3.63) is 35.5 Å². The number of nitrogens with zero attached hydrogens (tertiary/aromatic N) is 1. The van der Waals surface area contributed by atoms with E-state index in [0.29, 0.717) is 12.6 Å². The largest absolute Gasteiger partial charge is 0.358 e. The Morgan fingerprint density at radius 1 is 1.35 bits per heavy atom. The molecule has 1 saturated heterocycles. The zero-order valence-electron chi connectivity index (χ0n) is 12.3. The molecule has 1 aromatic heterocycles. The van der Waals surface area contributed by atoms with Crippen LogP contribution in [0.15, 0.2) is 24.3 Å². The van der Waals surface area contributed by atoms with Crippen molar-refractivity contribution in [2.45, 2.75) is 39.2 Å². The summed E-state index contributed by atoms with van der Waals surface area (Å²) < 4.78 is 0. The normalized spacial score (nSPS) is 20.4. The van der Waals surface area contributed by atoms with Gasteiger partial charge in [0.05, 0.1) is 6.54 Å². The van der Waals surface area contributed by atoms with Gasteiger partial charge in [0.25, 0.3) is 0 Å². The molecular formula is C17H22N2O. The second-order valence-corrected chi connectivity index (χ2v) is 5.91. The maximum Gasteiger partial charge on any atom is 0.179 e. The van der Waals surface area contributed by atoms with E-state index >= 15 is 0 Å². The molecule has 1 aliphatic heterocycles. The molecule has 1 atom stereocenters.